The van der Waals surface area contributed by atoms with E-state index in [1.807, 2.05) is 46.8 Å². The summed E-state index contributed by atoms with van der Waals surface area (Å²) in [5, 5.41) is 2.83. The van der Waals surface area contributed by atoms with Crippen LogP contribution < -0.4 is 0 Å². The van der Waals surface area contributed by atoms with Crippen molar-refractivity contribution in [2.45, 2.75) is 40.2 Å². The number of aryl methyl sites for hydroxylation is 2. The minimum atomic E-state index is -0.522. The van der Waals surface area contributed by atoms with Crippen LogP contribution in [0.15, 0.2) is 48.5 Å². The maximum atomic E-state index is 13.4. The zero-order valence-electron chi connectivity index (χ0n) is 16.6. The van der Waals surface area contributed by atoms with Crippen LogP contribution in [-0.2, 0) is 0 Å². The van der Waals surface area contributed by atoms with E-state index in [2.05, 4.69) is 5.92 Å². The summed E-state index contributed by atoms with van der Waals surface area (Å²) in [5.74, 6) is 1.78. The number of benzene rings is 2. The summed E-state index contributed by atoms with van der Waals surface area (Å²) in [6.45, 7) is 9.75. The molecule has 27 heavy (non-hydrogen) atoms. The Kier molecular flexibility index (Phi) is 6.20. The minimum Gasteiger partial charge on any atom is -0.267 e. The van der Waals surface area contributed by atoms with Gasteiger partial charge in [0, 0.05) is 16.7 Å². The first kappa shape index (κ1) is 20.4. The number of hydrogen-bond acceptors (Lipinski definition) is 3. The van der Waals surface area contributed by atoms with Gasteiger partial charge in [-0.05, 0) is 58.9 Å². The van der Waals surface area contributed by atoms with Gasteiger partial charge in [0.1, 0.15) is 0 Å². The SMILES string of the molecule is C#CCN(N(C(=O)c1ccccc1)C(=O)c1cc(C)cc(C)c1)C(C)(C)C. The van der Waals surface area contributed by atoms with E-state index >= 15 is 0 Å². The molecule has 4 heteroatoms. The number of hydrogen-bond donors (Lipinski definition) is 0. The first-order chi connectivity index (χ1) is 12.6. The summed E-state index contributed by atoms with van der Waals surface area (Å²) in [6.07, 6.45) is 5.55. The van der Waals surface area contributed by atoms with E-state index in [0.29, 0.717) is 11.1 Å². The van der Waals surface area contributed by atoms with Crippen molar-refractivity contribution in [1.82, 2.24) is 10.0 Å². The average molecular weight is 362 g/mol. The molecule has 2 aromatic carbocycles. The number of carbonyl (C=O) groups excluding carboxylic acids is 2. The molecule has 0 saturated carbocycles. The molecule has 0 aliphatic heterocycles. The topological polar surface area (TPSA) is 40.6 Å². The van der Waals surface area contributed by atoms with Crippen molar-refractivity contribution in [2.75, 3.05) is 6.54 Å². The van der Waals surface area contributed by atoms with Crippen LogP contribution in [0.2, 0.25) is 0 Å². The summed E-state index contributed by atoms with van der Waals surface area (Å²) in [7, 11) is 0. The normalized spacial score (nSPS) is 11.1. The predicted octanol–water partition coefficient (Wildman–Crippen LogP) is 4.23. The summed E-state index contributed by atoms with van der Waals surface area (Å²) in [6, 6.07) is 14.3. The number of imide groups is 1. The van der Waals surface area contributed by atoms with Crippen molar-refractivity contribution >= 4 is 11.8 Å². The number of hydrazine groups is 1. The van der Waals surface area contributed by atoms with Crippen molar-refractivity contribution in [1.29, 1.82) is 0 Å². The standard InChI is InChI=1S/C23H26N2O2/c1-7-13-24(23(4,5)6)25(21(26)19-11-9-8-10-12-19)22(27)20-15-17(2)14-18(3)16-20/h1,8-12,14-16H,13H2,2-6H3. The van der Waals surface area contributed by atoms with Crippen LogP contribution in [0.3, 0.4) is 0 Å². The number of terminal acetylenes is 1. The first-order valence-corrected chi connectivity index (χ1v) is 8.88. The second-order valence-electron chi connectivity index (χ2n) is 7.60. The van der Waals surface area contributed by atoms with Gasteiger partial charge in [-0.3, -0.25) is 9.59 Å². The minimum absolute atomic E-state index is 0.138. The van der Waals surface area contributed by atoms with Crippen molar-refractivity contribution in [3.63, 3.8) is 0 Å². The Morgan fingerprint density at radius 2 is 1.44 bits per heavy atom. The van der Waals surface area contributed by atoms with E-state index in [9.17, 15) is 9.59 Å². The molecular formula is C23H26N2O2. The lowest BCUT2D eigenvalue weighted by atomic mass is 10.0. The van der Waals surface area contributed by atoms with Gasteiger partial charge in [-0.25, -0.2) is 5.01 Å². The Morgan fingerprint density at radius 3 is 1.93 bits per heavy atom. The first-order valence-electron chi connectivity index (χ1n) is 8.88. The molecule has 0 spiro atoms. The van der Waals surface area contributed by atoms with Gasteiger partial charge >= 0.3 is 0 Å². The fourth-order valence-electron chi connectivity index (χ4n) is 2.93. The fourth-order valence-corrected chi connectivity index (χ4v) is 2.93. The van der Waals surface area contributed by atoms with Crippen molar-refractivity contribution in [3.05, 3.63) is 70.8 Å². The largest absolute Gasteiger partial charge is 0.275 e. The van der Waals surface area contributed by atoms with Crippen molar-refractivity contribution < 1.29 is 9.59 Å². The number of carbonyl (C=O) groups is 2. The molecule has 0 aromatic heterocycles. The second-order valence-corrected chi connectivity index (χ2v) is 7.60. The predicted molar refractivity (Wildman–Crippen MR) is 108 cm³/mol. The molecule has 2 amide bonds. The Bertz CT molecular complexity index is 853. The van der Waals surface area contributed by atoms with Gasteiger partial charge < -0.3 is 0 Å². The Balaban J connectivity index is 2.59. The lowest BCUT2D eigenvalue weighted by molar-refractivity contribution is -0.0389. The molecular weight excluding hydrogens is 336 g/mol. The molecule has 0 aliphatic rings. The van der Waals surface area contributed by atoms with Gasteiger partial charge in [0.25, 0.3) is 11.8 Å². The Morgan fingerprint density at radius 1 is 0.926 bits per heavy atom. The maximum Gasteiger partial charge on any atom is 0.275 e. The van der Waals surface area contributed by atoms with Gasteiger partial charge in [-0.2, -0.15) is 5.01 Å². The zero-order valence-corrected chi connectivity index (χ0v) is 16.6. The molecule has 140 valence electrons. The third-order valence-electron chi connectivity index (χ3n) is 4.13. The Labute approximate surface area is 161 Å². The van der Waals surface area contributed by atoms with Crippen LogP contribution in [0, 0.1) is 26.2 Å². The quantitative estimate of drug-likeness (QED) is 0.464. The van der Waals surface area contributed by atoms with Crippen LogP contribution in [-0.4, -0.2) is 33.9 Å². The van der Waals surface area contributed by atoms with Gasteiger partial charge in [0.05, 0.1) is 6.54 Å². The molecule has 0 unspecified atom stereocenters. The maximum absolute atomic E-state index is 13.4. The molecule has 2 aromatic rings. The van der Waals surface area contributed by atoms with E-state index in [1.54, 1.807) is 41.4 Å². The van der Waals surface area contributed by atoms with Crippen LogP contribution in [0.5, 0.6) is 0 Å². The molecule has 2 rings (SSSR count). The second kappa shape index (κ2) is 8.20. The highest BCUT2D eigenvalue weighted by molar-refractivity contribution is 6.10. The van der Waals surface area contributed by atoms with Crippen LogP contribution in [0.25, 0.3) is 0 Å². The van der Waals surface area contributed by atoms with Crippen LogP contribution in [0.1, 0.15) is 52.6 Å². The summed E-state index contributed by atoms with van der Waals surface area (Å²) in [5.41, 5.74) is 2.30. The van der Waals surface area contributed by atoms with Crippen molar-refractivity contribution in [2.24, 2.45) is 0 Å². The molecule has 0 N–H and O–H groups in total. The van der Waals surface area contributed by atoms with Gasteiger partial charge in [-0.15, -0.1) is 6.42 Å². The molecule has 0 bridgehead atoms. The van der Waals surface area contributed by atoms with E-state index < -0.39 is 11.4 Å². The van der Waals surface area contributed by atoms with E-state index in [0.717, 1.165) is 11.1 Å². The summed E-state index contributed by atoms with van der Waals surface area (Å²) >= 11 is 0. The smallest absolute Gasteiger partial charge is 0.267 e. The average Bonchev–Trinajstić information content (AvgIpc) is 2.60. The lowest BCUT2D eigenvalue weighted by Crippen LogP contribution is -2.57. The third-order valence-corrected chi connectivity index (χ3v) is 4.13. The third kappa shape index (κ3) is 4.84. The van der Waals surface area contributed by atoms with E-state index in [-0.39, 0.29) is 12.5 Å². The monoisotopic (exact) mass is 362 g/mol. The highest BCUT2D eigenvalue weighted by Gasteiger charge is 2.36. The van der Waals surface area contributed by atoms with E-state index in [1.165, 1.54) is 5.01 Å². The number of rotatable bonds is 4. The Hall–Kier alpha value is -2.90. The fraction of sp³-hybridized carbons (Fsp3) is 0.304. The summed E-state index contributed by atoms with van der Waals surface area (Å²) in [4.78, 5) is 26.7. The molecule has 0 radical (unpaired) electrons. The van der Waals surface area contributed by atoms with Crippen LogP contribution >= 0.6 is 0 Å². The molecule has 0 atom stereocenters. The van der Waals surface area contributed by atoms with Crippen molar-refractivity contribution in [3.8, 4) is 12.3 Å². The summed E-state index contributed by atoms with van der Waals surface area (Å²) < 4.78 is 0. The van der Waals surface area contributed by atoms with Gasteiger partial charge in [-0.1, -0.05) is 41.3 Å². The van der Waals surface area contributed by atoms with Crippen LogP contribution in [0.4, 0.5) is 0 Å². The molecule has 0 heterocycles. The molecule has 0 saturated heterocycles. The highest BCUT2D eigenvalue weighted by Crippen LogP contribution is 2.22. The number of amides is 2. The van der Waals surface area contributed by atoms with E-state index in [4.69, 9.17) is 6.42 Å². The highest BCUT2D eigenvalue weighted by atomic mass is 16.2. The zero-order chi connectivity index (χ0) is 20.2. The molecule has 0 fully saturated rings. The van der Waals surface area contributed by atoms with Gasteiger partial charge in [0.2, 0.25) is 0 Å². The molecule has 4 nitrogen and oxygen atoms in total. The number of nitrogens with zero attached hydrogens (tertiary/aromatic N) is 2. The molecule has 0 aliphatic carbocycles. The lowest BCUT2D eigenvalue weighted by Gasteiger charge is -2.41. The van der Waals surface area contributed by atoms with Gasteiger partial charge in [0.15, 0.2) is 0 Å².